The SMILES string of the molecule is COC[C@@H](C)CNC(=O)N1CCC(CN2CCN(C)CC2)CC1. The number of ether oxygens (including phenoxy) is 1. The summed E-state index contributed by atoms with van der Waals surface area (Å²) >= 11 is 0. The molecule has 1 N–H and O–H groups in total. The zero-order valence-electron chi connectivity index (χ0n) is 15.1. The number of hydrogen-bond donors (Lipinski definition) is 1. The maximum absolute atomic E-state index is 12.2. The van der Waals surface area contributed by atoms with Crippen LogP contribution in [0.4, 0.5) is 4.79 Å². The van der Waals surface area contributed by atoms with Gasteiger partial charge in [-0.3, -0.25) is 0 Å². The standard InChI is InChI=1S/C17H34N4O2/c1-15(14-23-3)12-18-17(22)21-6-4-16(5-7-21)13-20-10-8-19(2)9-11-20/h15-16H,4-14H2,1-3H3,(H,18,22)/t15-/m0/s1. The summed E-state index contributed by atoms with van der Waals surface area (Å²) in [5.41, 5.74) is 0. The molecule has 134 valence electrons. The van der Waals surface area contributed by atoms with Crippen molar-refractivity contribution < 1.29 is 9.53 Å². The molecule has 0 aromatic carbocycles. The van der Waals surface area contributed by atoms with Crippen molar-refractivity contribution in [3.63, 3.8) is 0 Å². The molecule has 23 heavy (non-hydrogen) atoms. The van der Waals surface area contributed by atoms with Gasteiger partial charge >= 0.3 is 6.03 Å². The molecule has 0 aliphatic carbocycles. The van der Waals surface area contributed by atoms with Crippen LogP contribution in [0.2, 0.25) is 0 Å². The maximum atomic E-state index is 12.2. The van der Waals surface area contributed by atoms with E-state index in [4.69, 9.17) is 4.74 Å². The summed E-state index contributed by atoms with van der Waals surface area (Å²) in [6, 6.07) is 0.0889. The van der Waals surface area contributed by atoms with Gasteiger partial charge in [-0.2, -0.15) is 0 Å². The Bertz CT molecular complexity index is 351. The molecule has 0 aromatic rings. The van der Waals surface area contributed by atoms with Crippen LogP contribution in [-0.2, 0) is 4.74 Å². The number of piperazine rings is 1. The molecule has 0 bridgehead atoms. The zero-order chi connectivity index (χ0) is 16.7. The van der Waals surface area contributed by atoms with Gasteiger partial charge < -0.3 is 24.8 Å². The molecule has 0 radical (unpaired) electrons. The Labute approximate surface area is 141 Å². The van der Waals surface area contributed by atoms with Gasteiger partial charge in [0.15, 0.2) is 0 Å². The van der Waals surface area contributed by atoms with Crippen LogP contribution in [0.1, 0.15) is 19.8 Å². The highest BCUT2D eigenvalue weighted by Gasteiger charge is 2.25. The van der Waals surface area contributed by atoms with E-state index in [1.54, 1.807) is 7.11 Å². The van der Waals surface area contributed by atoms with Crippen molar-refractivity contribution in [2.24, 2.45) is 11.8 Å². The van der Waals surface area contributed by atoms with Crippen molar-refractivity contribution in [2.45, 2.75) is 19.8 Å². The first kappa shape index (κ1) is 18.5. The third kappa shape index (κ3) is 6.28. The smallest absolute Gasteiger partial charge is 0.317 e. The fraction of sp³-hybridized carbons (Fsp3) is 0.941. The van der Waals surface area contributed by atoms with Gasteiger partial charge in [-0.1, -0.05) is 6.92 Å². The van der Waals surface area contributed by atoms with Gasteiger partial charge in [0.1, 0.15) is 0 Å². The molecule has 6 nitrogen and oxygen atoms in total. The normalized spacial score (nSPS) is 23.0. The molecule has 2 heterocycles. The highest BCUT2D eigenvalue weighted by molar-refractivity contribution is 5.74. The number of likely N-dealkylation sites (N-methyl/N-ethyl adjacent to an activating group) is 1. The Hall–Kier alpha value is -0.850. The predicted octanol–water partition coefficient (Wildman–Crippen LogP) is 0.938. The van der Waals surface area contributed by atoms with Crippen molar-refractivity contribution >= 4 is 6.03 Å². The minimum absolute atomic E-state index is 0.0889. The third-order valence-corrected chi connectivity index (χ3v) is 5.07. The number of nitrogens with one attached hydrogen (secondary N) is 1. The summed E-state index contributed by atoms with van der Waals surface area (Å²) in [6.07, 6.45) is 2.26. The number of hydrogen-bond acceptors (Lipinski definition) is 4. The Kier molecular flexibility index (Phi) is 7.59. The van der Waals surface area contributed by atoms with E-state index in [2.05, 4.69) is 29.1 Å². The minimum Gasteiger partial charge on any atom is -0.384 e. The lowest BCUT2D eigenvalue weighted by Gasteiger charge is -2.38. The lowest BCUT2D eigenvalue weighted by molar-refractivity contribution is 0.110. The highest BCUT2D eigenvalue weighted by atomic mass is 16.5. The van der Waals surface area contributed by atoms with E-state index < -0.39 is 0 Å². The van der Waals surface area contributed by atoms with Crippen LogP contribution in [-0.4, -0.2) is 93.9 Å². The van der Waals surface area contributed by atoms with Crippen molar-refractivity contribution in [3.05, 3.63) is 0 Å². The van der Waals surface area contributed by atoms with Gasteiger partial charge in [0.2, 0.25) is 0 Å². The molecule has 0 saturated carbocycles. The molecule has 2 aliphatic rings. The monoisotopic (exact) mass is 326 g/mol. The second-order valence-corrected chi connectivity index (χ2v) is 7.28. The van der Waals surface area contributed by atoms with Gasteiger partial charge in [0, 0.05) is 59.5 Å². The lowest BCUT2D eigenvalue weighted by atomic mass is 9.96. The van der Waals surface area contributed by atoms with E-state index >= 15 is 0 Å². The first-order valence-electron chi connectivity index (χ1n) is 9.01. The zero-order valence-corrected chi connectivity index (χ0v) is 15.1. The van der Waals surface area contributed by atoms with Gasteiger partial charge in [-0.15, -0.1) is 0 Å². The average molecular weight is 326 g/mol. The van der Waals surface area contributed by atoms with E-state index in [-0.39, 0.29) is 6.03 Å². The van der Waals surface area contributed by atoms with Crippen molar-refractivity contribution in [3.8, 4) is 0 Å². The number of likely N-dealkylation sites (tertiary alicyclic amines) is 1. The predicted molar refractivity (Wildman–Crippen MR) is 92.7 cm³/mol. The number of methoxy groups -OCH3 is 1. The lowest BCUT2D eigenvalue weighted by Crippen LogP contribution is -2.49. The third-order valence-electron chi connectivity index (χ3n) is 5.07. The molecular weight excluding hydrogens is 292 g/mol. The van der Waals surface area contributed by atoms with E-state index in [1.807, 2.05) is 4.90 Å². The number of carbonyl (C=O) groups is 1. The molecule has 2 aliphatic heterocycles. The quantitative estimate of drug-likeness (QED) is 0.789. The molecule has 2 rings (SSSR count). The second kappa shape index (κ2) is 9.45. The number of nitrogens with zero attached hydrogens (tertiary/aromatic N) is 3. The molecule has 0 aromatic heterocycles. The second-order valence-electron chi connectivity index (χ2n) is 7.28. The Morgan fingerprint density at radius 1 is 1.17 bits per heavy atom. The van der Waals surface area contributed by atoms with Gasteiger partial charge in [0.25, 0.3) is 0 Å². The van der Waals surface area contributed by atoms with Crippen LogP contribution in [0.3, 0.4) is 0 Å². The minimum atomic E-state index is 0.0889. The Morgan fingerprint density at radius 3 is 2.43 bits per heavy atom. The Morgan fingerprint density at radius 2 is 1.83 bits per heavy atom. The summed E-state index contributed by atoms with van der Waals surface area (Å²) < 4.78 is 5.10. The van der Waals surface area contributed by atoms with Crippen LogP contribution in [0.5, 0.6) is 0 Å². The summed E-state index contributed by atoms with van der Waals surface area (Å²) in [6.45, 7) is 11.2. The molecule has 2 amide bonds. The van der Waals surface area contributed by atoms with E-state index in [0.29, 0.717) is 19.1 Å². The van der Waals surface area contributed by atoms with Crippen LogP contribution in [0.15, 0.2) is 0 Å². The molecular formula is C17H34N4O2. The summed E-state index contributed by atoms with van der Waals surface area (Å²) in [7, 11) is 3.89. The van der Waals surface area contributed by atoms with E-state index in [9.17, 15) is 4.79 Å². The largest absolute Gasteiger partial charge is 0.384 e. The fourth-order valence-electron chi connectivity index (χ4n) is 3.43. The average Bonchev–Trinajstić information content (AvgIpc) is 2.56. The molecule has 2 saturated heterocycles. The van der Waals surface area contributed by atoms with Crippen LogP contribution >= 0.6 is 0 Å². The topological polar surface area (TPSA) is 48.1 Å². The molecule has 0 spiro atoms. The molecule has 2 fully saturated rings. The number of carbonyl (C=O) groups excluding carboxylic acids is 1. The fourth-order valence-corrected chi connectivity index (χ4v) is 3.43. The molecule has 1 atom stereocenters. The van der Waals surface area contributed by atoms with Crippen LogP contribution < -0.4 is 5.32 Å². The van der Waals surface area contributed by atoms with Gasteiger partial charge in [-0.25, -0.2) is 4.79 Å². The highest BCUT2D eigenvalue weighted by Crippen LogP contribution is 2.19. The number of amides is 2. The number of urea groups is 1. The van der Waals surface area contributed by atoms with Crippen LogP contribution in [0.25, 0.3) is 0 Å². The van der Waals surface area contributed by atoms with Crippen LogP contribution in [0, 0.1) is 11.8 Å². The van der Waals surface area contributed by atoms with Crippen molar-refractivity contribution in [1.29, 1.82) is 0 Å². The Balaban J connectivity index is 1.62. The first-order valence-corrected chi connectivity index (χ1v) is 9.01. The number of rotatable bonds is 6. The summed E-state index contributed by atoms with van der Waals surface area (Å²) in [5.74, 6) is 1.11. The van der Waals surface area contributed by atoms with Gasteiger partial charge in [-0.05, 0) is 31.7 Å². The molecule has 0 unspecified atom stereocenters. The van der Waals surface area contributed by atoms with Crippen molar-refractivity contribution in [2.75, 3.05) is 73.1 Å². The summed E-state index contributed by atoms with van der Waals surface area (Å²) in [5, 5.41) is 3.03. The molecule has 6 heteroatoms. The van der Waals surface area contributed by atoms with E-state index in [0.717, 1.165) is 31.8 Å². The maximum Gasteiger partial charge on any atom is 0.317 e. The van der Waals surface area contributed by atoms with Gasteiger partial charge in [0.05, 0.1) is 6.61 Å². The first-order chi connectivity index (χ1) is 11.1. The van der Waals surface area contributed by atoms with Crippen molar-refractivity contribution in [1.82, 2.24) is 20.0 Å². The van der Waals surface area contributed by atoms with E-state index in [1.165, 1.54) is 32.7 Å². The summed E-state index contributed by atoms with van der Waals surface area (Å²) in [4.78, 5) is 19.2. The number of piperidine rings is 1.